The fraction of sp³-hybridized carbons (Fsp3) is 0.714. The van der Waals surface area contributed by atoms with Gasteiger partial charge in [0.05, 0.1) is 5.92 Å². The van der Waals surface area contributed by atoms with Crippen LogP contribution in [-0.4, -0.2) is 64.7 Å². The second kappa shape index (κ2) is 10.9. The first kappa shape index (κ1) is 22.7. The Morgan fingerprint density at radius 3 is 2.80 bits per heavy atom. The number of hydrogen-bond acceptors (Lipinski definition) is 7. The molecule has 166 valence electrons. The van der Waals surface area contributed by atoms with Crippen molar-refractivity contribution in [2.75, 3.05) is 44.2 Å². The van der Waals surface area contributed by atoms with Gasteiger partial charge in [0.2, 0.25) is 16.0 Å². The van der Waals surface area contributed by atoms with E-state index in [1.54, 1.807) is 0 Å². The van der Waals surface area contributed by atoms with E-state index in [0.29, 0.717) is 17.2 Å². The minimum Gasteiger partial charge on any atom is -0.356 e. The molecule has 8 nitrogen and oxygen atoms in total. The highest BCUT2D eigenvalue weighted by molar-refractivity contribution is 7.20. The summed E-state index contributed by atoms with van der Waals surface area (Å²) in [5.41, 5.74) is 0.536. The van der Waals surface area contributed by atoms with Gasteiger partial charge in [0.15, 0.2) is 0 Å². The topological polar surface area (TPSA) is 82.8 Å². The third-order valence-electron chi connectivity index (χ3n) is 5.46. The van der Waals surface area contributed by atoms with Gasteiger partial charge in [-0.3, -0.25) is 9.59 Å². The third-order valence-corrected chi connectivity index (χ3v) is 6.42. The van der Waals surface area contributed by atoms with Crippen LogP contribution in [-0.2, 0) is 4.79 Å². The lowest BCUT2D eigenvalue weighted by molar-refractivity contribution is -0.125. The highest BCUT2D eigenvalue weighted by Crippen LogP contribution is 2.26. The molecule has 0 aromatic carbocycles. The van der Waals surface area contributed by atoms with Crippen LogP contribution < -0.4 is 15.8 Å². The van der Waals surface area contributed by atoms with Crippen LogP contribution in [0.2, 0.25) is 0 Å². The first-order valence-electron chi connectivity index (χ1n) is 11.1. The van der Waals surface area contributed by atoms with Crippen molar-refractivity contribution in [1.82, 2.24) is 24.8 Å². The second-order valence-corrected chi connectivity index (χ2v) is 9.02. The Hall–Kier alpha value is -2.00. The van der Waals surface area contributed by atoms with E-state index in [2.05, 4.69) is 39.0 Å². The van der Waals surface area contributed by atoms with E-state index in [9.17, 15) is 9.59 Å². The maximum atomic E-state index is 12.7. The summed E-state index contributed by atoms with van der Waals surface area (Å²) in [6.45, 7) is 11.7. The first-order chi connectivity index (χ1) is 14.5. The standard InChI is InChI=1S/C21H34N6O2S/c1-4-10-25(11-5-2)12-7-9-22-19(29)17-8-6-13-26(15-17)21-24-27-18(28)14-16(3)23-20(27)30-21/h14,17H,4-13,15H2,1-3H3,(H,22,29). The molecule has 1 atom stereocenters. The van der Waals surface area contributed by atoms with Gasteiger partial charge in [-0.15, -0.1) is 5.10 Å². The molecule has 30 heavy (non-hydrogen) atoms. The van der Waals surface area contributed by atoms with E-state index in [0.717, 1.165) is 70.0 Å². The van der Waals surface area contributed by atoms with Crippen LogP contribution in [0.1, 0.15) is 51.6 Å². The molecular weight excluding hydrogens is 400 g/mol. The Labute approximate surface area is 182 Å². The molecule has 9 heteroatoms. The quantitative estimate of drug-likeness (QED) is 0.578. The van der Waals surface area contributed by atoms with Crippen molar-refractivity contribution >= 4 is 27.3 Å². The zero-order valence-corrected chi connectivity index (χ0v) is 19.2. The smallest absolute Gasteiger partial charge is 0.275 e. The molecule has 3 rings (SSSR count). The average molecular weight is 435 g/mol. The fourth-order valence-corrected chi connectivity index (χ4v) is 5.02. The predicted octanol–water partition coefficient (Wildman–Crippen LogP) is 2.30. The summed E-state index contributed by atoms with van der Waals surface area (Å²) in [4.78, 5) is 34.4. The van der Waals surface area contributed by atoms with Gasteiger partial charge in [0.1, 0.15) is 0 Å². The lowest BCUT2D eigenvalue weighted by atomic mass is 9.97. The number of hydrogen-bond donors (Lipinski definition) is 1. The minimum absolute atomic E-state index is 0.0421. The van der Waals surface area contributed by atoms with Gasteiger partial charge >= 0.3 is 0 Å². The number of carbonyl (C=O) groups is 1. The lowest BCUT2D eigenvalue weighted by Crippen LogP contribution is -2.43. The highest BCUT2D eigenvalue weighted by atomic mass is 32.1. The van der Waals surface area contributed by atoms with Crippen LogP contribution in [0.5, 0.6) is 0 Å². The van der Waals surface area contributed by atoms with Crippen molar-refractivity contribution in [2.24, 2.45) is 5.92 Å². The fourth-order valence-electron chi connectivity index (χ4n) is 4.03. The summed E-state index contributed by atoms with van der Waals surface area (Å²) in [7, 11) is 0. The molecule has 1 fully saturated rings. The van der Waals surface area contributed by atoms with Crippen molar-refractivity contribution in [1.29, 1.82) is 0 Å². The maximum Gasteiger partial charge on any atom is 0.275 e. The molecular formula is C21H34N6O2S. The molecule has 1 aliphatic rings. The number of amides is 1. The third kappa shape index (κ3) is 5.78. The zero-order valence-electron chi connectivity index (χ0n) is 18.4. The van der Waals surface area contributed by atoms with Crippen molar-refractivity contribution < 1.29 is 4.79 Å². The van der Waals surface area contributed by atoms with Gasteiger partial charge in [-0.05, 0) is 58.7 Å². The summed E-state index contributed by atoms with van der Waals surface area (Å²) < 4.78 is 1.36. The first-order valence-corrected chi connectivity index (χ1v) is 12.0. The van der Waals surface area contributed by atoms with Crippen LogP contribution in [0.15, 0.2) is 10.9 Å². The van der Waals surface area contributed by atoms with Gasteiger partial charge in [0, 0.05) is 31.4 Å². The second-order valence-electron chi connectivity index (χ2n) is 8.09. The molecule has 2 aromatic rings. The number of anilines is 1. The van der Waals surface area contributed by atoms with Crippen molar-refractivity contribution in [3.63, 3.8) is 0 Å². The molecule has 0 aliphatic carbocycles. The van der Waals surface area contributed by atoms with Gasteiger partial charge < -0.3 is 15.1 Å². The number of piperidine rings is 1. The van der Waals surface area contributed by atoms with E-state index >= 15 is 0 Å². The average Bonchev–Trinajstić information content (AvgIpc) is 3.16. The Kier molecular flexibility index (Phi) is 8.21. The molecule has 3 heterocycles. The lowest BCUT2D eigenvalue weighted by Gasteiger charge is -2.31. The van der Waals surface area contributed by atoms with Crippen LogP contribution in [0.4, 0.5) is 5.13 Å². The van der Waals surface area contributed by atoms with Crippen molar-refractivity contribution in [2.45, 2.75) is 52.9 Å². The Balaban J connectivity index is 1.52. The number of nitrogens with zero attached hydrogens (tertiary/aromatic N) is 5. The molecule has 0 spiro atoms. The van der Waals surface area contributed by atoms with Gasteiger partial charge in [-0.2, -0.15) is 4.52 Å². The van der Waals surface area contributed by atoms with Crippen molar-refractivity contribution in [3.05, 3.63) is 22.1 Å². The molecule has 1 saturated heterocycles. The number of fused-ring (bicyclic) bond motifs is 1. The summed E-state index contributed by atoms with van der Waals surface area (Å²) in [6, 6.07) is 1.49. The molecule has 1 N–H and O–H groups in total. The summed E-state index contributed by atoms with van der Waals surface area (Å²) >= 11 is 1.41. The van der Waals surface area contributed by atoms with E-state index in [1.807, 2.05) is 6.92 Å². The van der Waals surface area contributed by atoms with Gasteiger partial charge in [0.25, 0.3) is 5.56 Å². The van der Waals surface area contributed by atoms with E-state index in [1.165, 1.54) is 21.9 Å². The normalized spacial score (nSPS) is 17.1. The van der Waals surface area contributed by atoms with E-state index < -0.39 is 0 Å². The number of aryl methyl sites for hydroxylation is 1. The minimum atomic E-state index is -0.161. The molecule has 0 saturated carbocycles. The highest BCUT2D eigenvalue weighted by Gasteiger charge is 2.27. The van der Waals surface area contributed by atoms with E-state index in [-0.39, 0.29) is 17.4 Å². The summed E-state index contributed by atoms with van der Waals surface area (Å²) in [5, 5.41) is 8.34. The van der Waals surface area contributed by atoms with Crippen LogP contribution in [0, 0.1) is 12.8 Å². The number of aromatic nitrogens is 3. The van der Waals surface area contributed by atoms with Gasteiger partial charge in [-0.25, -0.2) is 4.98 Å². The number of nitrogens with one attached hydrogen (secondary N) is 1. The predicted molar refractivity (Wildman–Crippen MR) is 121 cm³/mol. The maximum absolute atomic E-state index is 12.7. The molecule has 1 unspecified atom stereocenters. The van der Waals surface area contributed by atoms with Crippen LogP contribution >= 0.6 is 11.3 Å². The molecule has 0 bridgehead atoms. The van der Waals surface area contributed by atoms with E-state index in [4.69, 9.17) is 0 Å². The largest absolute Gasteiger partial charge is 0.356 e. The molecule has 0 radical (unpaired) electrons. The van der Waals surface area contributed by atoms with Crippen LogP contribution in [0.3, 0.4) is 0 Å². The Bertz CT molecular complexity index is 889. The van der Waals surface area contributed by atoms with Crippen molar-refractivity contribution in [3.8, 4) is 0 Å². The Morgan fingerprint density at radius 1 is 1.30 bits per heavy atom. The number of carbonyl (C=O) groups excluding carboxylic acids is 1. The number of rotatable bonds is 10. The van der Waals surface area contributed by atoms with Crippen LogP contribution in [0.25, 0.3) is 4.96 Å². The molecule has 1 amide bonds. The summed E-state index contributed by atoms with van der Waals surface area (Å²) in [5.74, 6) is 0.0871. The summed E-state index contributed by atoms with van der Waals surface area (Å²) in [6.07, 6.45) is 5.14. The van der Waals surface area contributed by atoms with Gasteiger partial charge in [-0.1, -0.05) is 25.2 Å². The zero-order chi connectivity index (χ0) is 21.5. The monoisotopic (exact) mass is 434 g/mol. The molecule has 2 aromatic heterocycles. The molecule has 1 aliphatic heterocycles. The SMILES string of the molecule is CCCN(CCC)CCCNC(=O)C1CCCN(c2nn3c(=O)cc(C)nc3s2)C1. The Morgan fingerprint density at radius 2 is 2.07 bits per heavy atom.